The minimum absolute atomic E-state index is 0.0430. The summed E-state index contributed by atoms with van der Waals surface area (Å²) in [6.45, 7) is 2.41. The molecule has 0 bridgehead atoms. The molecule has 0 radical (unpaired) electrons. The molecule has 0 amide bonds. The highest BCUT2D eigenvalue weighted by Crippen LogP contribution is 2.22. The Morgan fingerprint density at radius 1 is 0.889 bits per heavy atom. The molecule has 2 aromatic rings. The largest absolute Gasteiger partial charge is 0.462 e. The summed E-state index contributed by atoms with van der Waals surface area (Å²) in [5.74, 6) is -1.15. The molecule has 4 nitrogen and oxygen atoms in total. The van der Waals surface area contributed by atoms with Crippen molar-refractivity contribution in [3.8, 4) is 0 Å². The molecule has 2 rings (SSSR count). The van der Waals surface area contributed by atoms with Gasteiger partial charge in [-0.15, -0.1) is 0 Å². The Labute approximate surface area is 169 Å². The van der Waals surface area contributed by atoms with Crippen molar-refractivity contribution in [3.05, 3.63) is 69.2 Å². The Morgan fingerprint density at radius 2 is 1.56 bits per heavy atom. The van der Waals surface area contributed by atoms with E-state index in [0.717, 1.165) is 25.7 Å². The van der Waals surface area contributed by atoms with Crippen LogP contribution in [-0.4, -0.2) is 18.5 Å². The number of benzene rings is 2. The second-order valence-corrected chi connectivity index (χ2v) is 6.90. The lowest BCUT2D eigenvalue weighted by molar-refractivity contribution is 0.0436. The van der Waals surface area contributed by atoms with Crippen LogP contribution >= 0.6 is 23.2 Å². The van der Waals surface area contributed by atoms with E-state index in [4.69, 9.17) is 32.7 Å². The zero-order valence-corrected chi connectivity index (χ0v) is 16.7. The maximum Gasteiger partial charge on any atom is 0.339 e. The van der Waals surface area contributed by atoms with E-state index in [-0.39, 0.29) is 17.7 Å². The fourth-order valence-electron chi connectivity index (χ4n) is 2.49. The molecule has 0 aliphatic carbocycles. The maximum atomic E-state index is 12.4. The van der Waals surface area contributed by atoms with Gasteiger partial charge in [-0.05, 0) is 36.8 Å². The number of esters is 2. The van der Waals surface area contributed by atoms with Gasteiger partial charge in [-0.2, -0.15) is 0 Å². The lowest BCUT2D eigenvalue weighted by Crippen LogP contribution is -2.14. The summed E-state index contributed by atoms with van der Waals surface area (Å²) in [4.78, 5) is 24.8. The van der Waals surface area contributed by atoms with Crippen LogP contribution in [0.5, 0.6) is 0 Å². The fraction of sp³-hybridized carbons (Fsp3) is 0.333. The number of carbonyl (C=O) groups is 2. The van der Waals surface area contributed by atoms with Crippen LogP contribution in [-0.2, 0) is 16.1 Å². The van der Waals surface area contributed by atoms with Gasteiger partial charge in [0.2, 0.25) is 0 Å². The Hall–Kier alpha value is -2.04. The average Bonchev–Trinajstić information content (AvgIpc) is 2.68. The quantitative estimate of drug-likeness (QED) is 0.372. The summed E-state index contributed by atoms with van der Waals surface area (Å²) in [5, 5.41) is 0.949. The van der Waals surface area contributed by atoms with E-state index in [1.807, 2.05) is 0 Å². The predicted molar refractivity (Wildman–Crippen MR) is 106 cm³/mol. The Morgan fingerprint density at radius 3 is 2.22 bits per heavy atom. The molecule has 27 heavy (non-hydrogen) atoms. The highest BCUT2D eigenvalue weighted by Gasteiger charge is 2.19. The number of ether oxygens (including phenoxy) is 2. The Balaban J connectivity index is 2.00. The first kappa shape index (κ1) is 21.3. The third-order valence-electron chi connectivity index (χ3n) is 3.96. The lowest BCUT2D eigenvalue weighted by Gasteiger charge is -2.10. The number of carbonyl (C=O) groups excluding carboxylic acids is 2. The summed E-state index contributed by atoms with van der Waals surface area (Å²) in [7, 11) is 0. The molecular weight excluding hydrogens is 387 g/mol. The number of hydrogen-bond acceptors (Lipinski definition) is 4. The van der Waals surface area contributed by atoms with E-state index >= 15 is 0 Å². The van der Waals surface area contributed by atoms with Gasteiger partial charge in [-0.25, -0.2) is 9.59 Å². The van der Waals surface area contributed by atoms with Gasteiger partial charge in [0.1, 0.15) is 6.61 Å². The molecule has 0 spiro atoms. The molecular formula is C21H22Cl2O4. The smallest absolute Gasteiger partial charge is 0.339 e. The molecule has 0 aromatic heterocycles. The van der Waals surface area contributed by atoms with E-state index in [2.05, 4.69) is 6.92 Å². The molecule has 0 N–H and O–H groups in total. The minimum Gasteiger partial charge on any atom is -0.462 e. The molecule has 0 aliphatic rings. The summed E-state index contributed by atoms with van der Waals surface area (Å²) in [5.41, 5.74) is 0.942. The van der Waals surface area contributed by atoms with Gasteiger partial charge < -0.3 is 9.47 Å². The molecule has 0 atom stereocenters. The fourth-order valence-corrected chi connectivity index (χ4v) is 2.85. The third-order valence-corrected chi connectivity index (χ3v) is 4.57. The number of unbranched alkanes of at least 4 members (excludes halogenated alkanes) is 3. The molecule has 6 heteroatoms. The number of rotatable bonds is 9. The van der Waals surface area contributed by atoms with Gasteiger partial charge in [-0.3, -0.25) is 0 Å². The number of hydrogen-bond donors (Lipinski definition) is 0. The third kappa shape index (κ3) is 6.56. The van der Waals surface area contributed by atoms with E-state index in [0.29, 0.717) is 22.2 Å². The van der Waals surface area contributed by atoms with Crippen molar-refractivity contribution in [2.75, 3.05) is 6.61 Å². The van der Waals surface area contributed by atoms with Gasteiger partial charge >= 0.3 is 11.9 Å². The minimum atomic E-state index is -0.621. The predicted octanol–water partition coefficient (Wildman–Crippen LogP) is 6.09. The molecule has 0 saturated carbocycles. The summed E-state index contributed by atoms with van der Waals surface area (Å²) >= 11 is 12.0. The zero-order valence-electron chi connectivity index (χ0n) is 15.2. The topological polar surface area (TPSA) is 52.6 Å². The van der Waals surface area contributed by atoms with Gasteiger partial charge in [0.05, 0.1) is 17.7 Å². The van der Waals surface area contributed by atoms with Crippen molar-refractivity contribution >= 4 is 35.1 Å². The van der Waals surface area contributed by atoms with Crippen molar-refractivity contribution in [2.45, 2.75) is 39.2 Å². The average molecular weight is 409 g/mol. The Bertz CT molecular complexity index is 790. The first-order valence-corrected chi connectivity index (χ1v) is 9.65. The normalized spacial score (nSPS) is 10.5. The molecule has 2 aromatic carbocycles. The van der Waals surface area contributed by atoms with E-state index in [1.165, 1.54) is 6.07 Å². The second-order valence-electron chi connectivity index (χ2n) is 6.05. The SMILES string of the molecule is CCCCCCOC(=O)c1ccccc1C(=O)OCc1cc(Cl)ccc1Cl. The molecule has 0 fully saturated rings. The van der Waals surface area contributed by atoms with Crippen molar-refractivity contribution in [3.63, 3.8) is 0 Å². The van der Waals surface area contributed by atoms with Crippen LogP contribution in [0.25, 0.3) is 0 Å². The van der Waals surface area contributed by atoms with E-state index in [1.54, 1.807) is 36.4 Å². The summed E-state index contributed by atoms with van der Waals surface area (Å²) in [6.07, 6.45) is 4.03. The standard InChI is InChI=1S/C21H22Cl2O4/c1-2-3-4-7-12-26-20(24)17-8-5-6-9-18(17)21(25)27-14-15-13-16(22)10-11-19(15)23/h5-6,8-11,13H,2-4,7,12,14H2,1H3. The van der Waals surface area contributed by atoms with Crippen molar-refractivity contribution in [1.82, 2.24) is 0 Å². The van der Waals surface area contributed by atoms with Crippen LogP contribution < -0.4 is 0 Å². The van der Waals surface area contributed by atoms with Crippen LogP contribution in [0, 0.1) is 0 Å². The maximum absolute atomic E-state index is 12.4. The van der Waals surface area contributed by atoms with Gasteiger partial charge in [0.15, 0.2) is 0 Å². The van der Waals surface area contributed by atoms with Crippen molar-refractivity contribution in [2.24, 2.45) is 0 Å². The lowest BCUT2D eigenvalue weighted by atomic mass is 10.1. The van der Waals surface area contributed by atoms with Gasteiger partial charge in [-0.1, -0.05) is 61.5 Å². The first-order chi connectivity index (χ1) is 13.0. The second kappa shape index (κ2) is 11.0. The first-order valence-electron chi connectivity index (χ1n) is 8.90. The van der Waals surface area contributed by atoms with Crippen LogP contribution in [0.3, 0.4) is 0 Å². The van der Waals surface area contributed by atoms with Crippen LogP contribution in [0.4, 0.5) is 0 Å². The molecule has 144 valence electrons. The zero-order chi connectivity index (χ0) is 19.6. The van der Waals surface area contributed by atoms with Gasteiger partial charge in [0.25, 0.3) is 0 Å². The summed E-state index contributed by atoms with van der Waals surface area (Å²) < 4.78 is 10.6. The highest BCUT2D eigenvalue weighted by molar-refractivity contribution is 6.33. The van der Waals surface area contributed by atoms with Crippen molar-refractivity contribution < 1.29 is 19.1 Å². The summed E-state index contributed by atoms with van der Waals surface area (Å²) in [6, 6.07) is 11.4. The van der Waals surface area contributed by atoms with Crippen LogP contribution in [0.2, 0.25) is 10.0 Å². The van der Waals surface area contributed by atoms with Crippen LogP contribution in [0.1, 0.15) is 58.9 Å². The van der Waals surface area contributed by atoms with Crippen molar-refractivity contribution in [1.29, 1.82) is 0 Å². The molecule has 0 heterocycles. The molecule has 0 unspecified atom stereocenters. The highest BCUT2D eigenvalue weighted by atomic mass is 35.5. The number of halogens is 2. The van der Waals surface area contributed by atoms with E-state index < -0.39 is 11.9 Å². The molecule has 0 aliphatic heterocycles. The van der Waals surface area contributed by atoms with Crippen LogP contribution in [0.15, 0.2) is 42.5 Å². The van der Waals surface area contributed by atoms with E-state index in [9.17, 15) is 9.59 Å². The Kier molecular flexibility index (Phi) is 8.62. The van der Waals surface area contributed by atoms with Gasteiger partial charge in [0, 0.05) is 15.6 Å². The monoisotopic (exact) mass is 408 g/mol. The molecule has 0 saturated heterocycles.